The fraction of sp³-hybridized carbons (Fsp3) is 0.143. The van der Waals surface area contributed by atoms with Crippen molar-refractivity contribution in [1.82, 2.24) is 0 Å². The van der Waals surface area contributed by atoms with Crippen LogP contribution in [-0.2, 0) is 6.42 Å². The second kappa shape index (κ2) is 6.56. The zero-order chi connectivity index (χ0) is 13.1. The predicted octanol–water partition coefficient (Wildman–Crippen LogP) is 6.54. The number of hydrogen-bond donors (Lipinski definition) is 0. The molecule has 18 heavy (non-hydrogen) atoms. The molecule has 1 atom stereocenters. The van der Waals surface area contributed by atoms with Gasteiger partial charge in [-0.1, -0.05) is 71.5 Å². The van der Waals surface area contributed by atoms with Crippen LogP contribution in [0.1, 0.15) is 16.0 Å². The lowest BCUT2D eigenvalue weighted by Crippen LogP contribution is -1.95. The third-order valence-electron chi connectivity index (χ3n) is 2.55. The number of alkyl halides is 1. The van der Waals surface area contributed by atoms with Crippen LogP contribution in [0.25, 0.3) is 0 Å². The van der Waals surface area contributed by atoms with E-state index in [9.17, 15) is 0 Å². The molecular weight excluding hydrogens is 443 g/mol. The Morgan fingerprint density at radius 1 is 1.00 bits per heavy atom. The van der Waals surface area contributed by atoms with E-state index in [4.69, 9.17) is 11.6 Å². The Labute approximate surface area is 137 Å². The molecule has 0 amide bonds. The zero-order valence-electron chi connectivity index (χ0n) is 9.34. The summed E-state index contributed by atoms with van der Waals surface area (Å²) in [5.41, 5.74) is 2.46. The van der Waals surface area contributed by atoms with Crippen LogP contribution in [0, 0.1) is 0 Å². The Kier molecular flexibility index (Phi) is 5.31. The van der Waals surface area contributed by atoms with Crippen molar-refractivity contribution in [2.75, 3.05) is 0 Å². The molecule has 2 aromatic rings. The minimum absolute atomic E-state index is 0.268. The van der Waals surface area contributed by atoms with E-state index < -0.39 is 0 Å². The Bertz CT molecular complexity index is 534. The third kappa shape index (κ3) is 4.09. The Hall–Kier alpha value is 0.170. The summed E-state index contributed by atoms with van der Waals surface area (Å²) in [5.74, 6) is 0. The minimum atomic E-state index is 0.268. The molecule has 1 unspecified atom stereocenters. The van der Waals surface area contributed by atoms with E-state index in [2.05, 4.69) is 66.0 Å². The molecule has 0 bridgehead atoms. The molecular formula is C14H10Br3Cl. The summed E-state index contributed by atoms with van der Waals surface area (Å²) in [6, 6.07) is 14.2. The molecule has 0 radical (unpaired) electrons. The average Bonchev–Trinajstić information content (AvgIpc) is 2.27. The maximum Gasteiger partial charge on any atom is 0.0436 e. The molecule has 0 spiro atoms. The smallest absolute Gasteiger partial charge is 0.0436 e. The summed E-state index contributed by atoms with van der Waals surface area (Å²) in [5, 5.41) is 0.780. The lowest BCUT2D eigenvalue weighted by Gasteiger charge is -2.12. The van der Waals surface area contributed by atoms with E-state index in [0.717, 1.165) is 20.4 Å². The van der Waals surface area contributed by atoms with Gasteiger partial charge >= 0.3 is 0 Å². The highest BCUT2D eigenvalue weighted by atomic mass is 79.9. The molecule has 0 saturated carbocycles. The molecule has 0 fully saturated rings. The summed E-state index contributed by atoms with van der Waals surface area (Å²) in [4.78, 5) is 0.268. The van der Waals surface area contributed by atoms with E-state index in [-0.39, 0.29) is 4.83 Å². The molecule has 0 N–H and O–H groups in total. The predicted molar refractivity (Wildman–Crippen MR) is 88.7 cm³/mol. The lowest BCUT2D eigenvalue weighted by atomic mass is 10.0. The molecule has 0 aromatic heterocycles. The van der Waals surface area contributed by atoms with Crippen LogP contribution in [0.2, 0.25) is 5.02 Å². The Morgan fingerprint density at radius 3 is 2.28 bits per heavy atom. The van der Waals surface area contributed by atoms with Crippen molar-refractivity contribution in [3.63, 3.8) is 0 Å². The monoisotopic (exact) mass is 450 g/mol. The molecule has 0 heterocycles. The summed E-state index contributed by atoms with van der Waals surface area (Å²) < 4.78 is 2.14. The zero-order valence-corrected chi connectivity index (χ0v) is 14.9. The maximum absolute atomic E-state index is 5.99. The van der Waals surface area contributed by atoms with Crippen molar-refractivity contribution in [3.8, 4) is 0 Å². The highest BCUT2D eigenvalue weighted by Crippen LogP contribution is 2.32. The molecule has 0 aliphatic rings. The van der Waals surface area contributed by atoms with Gasteiger partial charge in [-0.25, -0.2) is 0 Å². The van der Waals surface area contributed by atoms with Crippen LogP contribution in [-0.4, -0.2) is 0 Å². The van der Waals surface area contributed by atoms with E-state index in [0.29, 0.717) is 0 Å². The number of halogens is 4. The second-order valence-electron chi connectivity index (χ2n) is 4.00. The number of hydrogen-bond acceptors (Lipinski definition) is 0. The van der Waals surface area contributed by atoms with Gasteiger partial charge in [0.15, 0.2) is 0 Å². The largest absolute Gasteiger partial charge is 0.0843 e. The van der Waals surface area contributed by atoms with Gasteiger partial charge in [0.05, 0.1) is 0 Å². The minimum Gasteiger partial charge on any atom is -0.0843 e. The van der Waals surface area contributed by atoms with Gasteiger partial charge in [-0.3, -0.25) is 0 Å². The van der Waals surface area contributed by atoms with Crippen molar-refractivity contribution in [1.29, 1.82) is 0 Å². The van der Waals surface area contributed by atoms with E-state index >= 15 is 0 Å². The molecule has 2 rings (SSSR count). The fourth-order valence-corrected chi connectivity index (χ4v) is 3.92. The van der Waals surface area contributed by atoms with Gasteiger partial charge in [-0.2, -0.15) is 0 Å². The maximum atomic E-state index is 5.99. The highest BCUT2D eigenvalue weighted by molar-refractivity contribution is 9.11. The molecule has 0 nitrogen and oxygen atoms in total. The molecule has 0 aliphatic heterocycles. The lowest BCUT2D eigenvalue weighted by molar-refractivity contribution is 0.947. The van der Waals surface area contributed by atoms with E-state index in [1.165, 1.54) is 11.1 Å². The molecule has 4 heteroatoms. The first-order chi connectivity index (χ1) is 8.54. The van der Waals surface area contributed by atoms with Crippen molar-refractivity contribution in [2.24, 2.45) is 0 Å². The van der Waals surface area contributed by atoms with Crippen LogP contribution in [0.15, 0.2) is 51.4 Å². The highest BCUT2D eigenvalue weighted by Gasteiger charge is 2.10. The van der Waals surface area contributed by atoms with Crippen LogP contribution in [0.3, 0.4) is 0 Å². The Morgan fingerprint density at radius 2 is 1.67 bits per heavy atom. The van der Waals surface area contributed by atoms with Crippen LogP contribution >= 0.6 is 59.4 Å². The summed E-state index contributed by atoms with van der Waals surface area (Å²) >= 11 is 16.7. The number of benzene rings is 2. The molecule has 94 valence electrons. The van der Waals surface area contributed by atoms with Crippen LogP contribution in [0.4, 0.5) is 0 Å². The quantitative estimate of drug-likeness (QED) is 0.463. The average molecular weight is 453 g/mol. The van der Waals surface area contributed by atoms with Crippen molar-refractivity contribution in [3.05, 3.63) is 67.6 Å². The molecule has 0 aliphatic carbocycles. The third-order valence-corrected chi connectivity index (χ3v) is 4.55. The summed E-state index contributed by atoms with van der Waals surface area (Å²) in [6.07, 6.45) is 0.906. The normalized spacial score (nSPS) is 12.4. The Balaban J connectivity index is 2.19. The molecule has 2 aromatic carbocycles. The molecule has 0 saturated heterocycles. The first kappa shape index (κ1) is 14.6. The van der Waals surface area contributed by atoms with Crippen LogP contribution in [0.5, 0.6) is 0 Å². The fourth-order valence-electron chi connectivity index (χ4n) is 1.74. The van der Waals surface area contributed by atoms with Gasteiger partial charge in [0.2, 0.25) is 0 Å². The summed E-state index contributed by atoms with van der Waals surface area (Å²) in [7, 11) is 0. The topological polar surface area (TPSA) is 0 Å². The van der Waals surface area contributed by atoms with E-state index in [1.54, 1.807) is 0 Å². The van der Waals surface area contributed by atoms with Crippen molar-refractivity contribution in [2.45, 2.75) is 11.2 Å². The summed E-state index contributed by atoms with van der Waals surface area (Å²) in [6.45, 7) is 0. The van der Waals surface area contributed by atoms with Gasteiger partial charge in [-0.05, 0) is 47.9 Å². The van der Waals surface area contributed by atoms with Crippen molar-refractivity contribution >= 4 is 59.4 Å². The van der Waals surface area contributed by atoms with Crippen molar-refractivity contribution < 1.29 is 0 Å². The van der Waals surface area contributed by atoms with Crippen LogP contribution < -0.4 is 0 Å². The van der Waals surface area contributed by atoms with Gasteiger partial charge < -0.3 is 0 Å². The van der Waals surface area contributed by atoms with E-state index in [1.807, 2.05) is 24.3 Å². The van der Waals surface area contributed by atoms with Gasteiger partial charge in [0.1, 0.15) is 0 Å². The van der Waals surface area contributed by atoms with Gasteiger partial charge in [0.25, 0.3) is 0 Å². The first-order valence-electron chi connectivity index (χ1n) is 5.39. The SMILES string of the molecule is Clc1cccc(CC(Br)c2cc(Br)cc(Br)c2)c1. The van der Waals surface area contributed by atoms with Gasteiger partial charge in [-0.15, -0.1) is 0 Å². The first-order valence-corrected chi connectivity index (χ1v) is 8.27. The standard InChI is InChI=1S/C14H10Br3Cl/c15-11-6-10(7-12(16)8-11)14(17)5-9-2-1-3-13(18)4-9/h1-4,6-8,14H,5H2. The van der Waals surface area contributed by atoms with Gasteiger partial charge in [0, 0.05) is 18.8 Å². The number of rotatable bonds is 3. The second-order valence-corrected chi connectivity index (χ2v) is 7.38.